The molecule has 0 radical (unpaired) electrons. The number of nitrogens with zero attached hydrogens (tertiary/aromatic N) is 4. The second kappa shape index (κ2) is 5.51. The molecular formula is C15H21F3N4O. The Hall–Kier alpha value is -1.57. The maximum atomic E-state index is 12.8. The van der Waals surface area contributed by atoms with E-state index in [0.29, 0.717) is 19.0 Å². The summed E-state index contributed by atoms with van der Waals surface area (Å²) >= 11 is 0. The van der Waals surface area contributed by atoms with Crippen LogP contribution in [0.1, 0.15) is 32.9 Å². The van der Waals surface area contributed by atoms with Crippen LogP contribution in [0.5, 0.6) is 5.88 Å². The lowest BCUT2D eigenvalue weighted by Crippen LogP contribution is -2.58. The Kier molecular flexibility index (Phi) is 3.90. The van der Waals surface area contributed by atoms with Crippen molar-refractivity contribution in [3.8, 4) is 5.88 Å². The van der Waals surface area contributed by atoms with E-state index in [0.717, 1.165) is 25.7 Å². The molecule has 1 saturated heterocycles. The summed E-state index contributed by atoms with van der Waals surface area (Å²) in [6.45, 7) is 9.23. The van der Waals surface area contributed by atoms with Crippen molar-refractivity contribution in [3.63, 3.8) is 0 Å². The molecule has 3 heterocycles. The van der Waals surface area contributed by atoms with Crippen LogP contribution in [-0.2, 0) is 6.18 Å². The molecule has 1 atom stereocenters. The van der Waals surface area contributed by atoms with E-state index in [4.69, 9.17) is 4.74 Å². The van der Waals surface area contributed by atoms with Crippen LogP contribution >= 0.6 is 0 Å². The lowest BCUT2D eigenvalue weighted by atomic mass is 10.0. The highest BCUT2D eigenvalue weighted by atomic mass is 19.4. The Balaban J connectivity index is 1.88. The second-order valence-corrected chi connectivity index (χ2v) is 6.98. The number of fused-ring (bicyclic) bond motifs is 3. The van der Waals surface area contributed by atoms with E-state index >= 15 is 0 Å². The third-order valence-corrected chi connectivity index (χ3v) is 4.41. The average Bonchev–Trinajstić information content (AvgIpc) is 2.63. The first kappa shape index (κ1) is 16.3. The third-order valence-electron chi connectivity index (χ3n) is 4.41. The van der Waals surface area contributed by atoms with Gasteiger partial charge in [0.1, 0.15) is 0 Å². The number of ether oxygens (including phenoxy) is 1. The lowest BCUT2D eigenvalue weighted by Gasteiger charge is -2.46. The number of anilines is 1. The van der Waals surface area contributed by atoms with Crippen molar-refractivity contribution in [1.82, 2.24) is 14.9 Å². The average molecular weight is 330 g/mol. The van der Waals surface area contributed by atoms with Crippen molar-refractivity contribution in [3.05, 3.63) is 11.9 Å². The van der Waals surface area contributed by atoms with E-state index in [1.165, 1.54) is 0 Å². The zero-order chi connectivity index (χ0) is 16.8. The van der Waals surface area contributed by atoms with Gasteiger partial charge in [0, 0.05) is 37.6 Å². The molecule has 0 spiro atoms. The first-order valence-corrected chi connectivity index (χ1v) is 7.75. The minimum atomic E-state index is -4.51. The van der Waals surface area contributed by atoms with Crippen molar-refractivity contribution < 1.29 is 17.9 Å². The van der Waals surface area contributed by atoms with Crippen LogP contribution in [0.4, 0.5) is 19.0 Å². The molecule has 0 aromatic carbocycles. The highest BCUT2D eigenvalue weighted by Gasteiger charge is 2.38. The molecular weight excluding hydrogens is 309 g/mol. The summed E-state index contributed by atoms with van der Waals surface area (Å²) in [5, 5.41) is 0. The van der Waals surface area contributed by atoms with Gasteiger partial charge in [-0.25, -0.2) is 9.97 Å². The van der Waals surface area contributed by atoms with Gasteiger partial charge in [-0.2, -0.15) is 13.2 Å². The number of hydrogen-bond donors (Lipinski definition) is 0. The van der Waals surface area contributed by atoms with Crippen molar-refractivity contribution >= 4 is 5.82 Å². The molecule has 2 aliphatic rings. The maximum absolute atomic E-state index is 12.8. The highest BCUT2D eigenvalue weighted by molar-refractivity contribution is 5.51. The summed E-state index contributed by atoms with van der Waals surface area (Å²) in [5.74, 6) is 0.417. The summed E-state index contributed by atoms with van der Waals surface area (Å²) < 4.78 is 43.9. The van der Waals surface area contributed by atoms with Gasteiger partial charge in [-0.05, 0) is 20.8 Å². The predicted octanol–water partition coefficient (Wildman–Crippen LogP) is 2.57. The Morgan fingerprint density at radius 2 is 1.96 bits per heavy atom. The molecule has 23 heavy (non-hydrogen) atoms. The Morgan fingerprint density at radius 1 is 1.22 bits per heavy atom. The first-order valence-electron chi connectivity index (χ1n) is 7.75. The van der Waals surface area contributed by atoms with E-state index in [2.05, 4.69) is 35.6 Å². The minimum absolute atomic E-state index is 0.00784. The quantitative estimate of drug-likeness (QED) is 0.731. The van der Waals surface area contributed by atoms with Crippen molar-refractivity contribution in [2.75, 3.05) is 31.1 Å². The number of halogens is 3. The van der Waals surface area contributed by atoms with Crippen LogP contribution < -0.4 is 9.64 Å². The second-order valence-electron chi connectivity index (χ2n) is 6.98. The van der Waals surface area contributed by atoms with Gasteiger partial charge in [-0.15, -0.1) is 0 Å². The van der Waals surface area contributed by atoms with Gasteiger partial charge in [0.25, 0.3) is 5.88 Å². The van der Waals surface area contributed by atoms with Crippen LogP contribution in [0, 0.1) is 0 Å². The fourth-order valence-electron chi connectivity index (χ4n) is 3.08. The molecule has 8 heteroatoms. The van der Waals surface area contributed by atoms with Crippen LogP contribution in [0.3, 0.4) is 0 Å². The molecule has 0 saturated carbocycles. The summed E-state index contributed by atoms with van der Waals surface area (Å²) in [6, 6.07) is 0.176. The third kappa shape index (κ3) is 3.22. The molecule has 1 fully saturated rings. The molecule has 3 rings (SSSR count). The van der Waals surface area contributed by atoms with Gasteiger partial charge in [0.05, 0.1) is 12.8 Å². The molecule has 0 unspecified atom stereocenters. The standard InChI is InChI=1S/C15H21F3N4O/c1-14(2,3)21-5-6-22-10(9-21)4-7-23-13-12(22)19-8-11(20-13)15(16,17)18/h8,10H,4-7,9H2,1-3H3/t10-/m0/s1. The molecule has 1 aromatic rings. The summed E-state index contributed by atoms with van der Waals surface area (Å²) in [7, 11) is 0. The van der Waals surface area contributed by atoms with Crippen LogP contribution in [-0.4, -0.2) is 52.7 Å². The molecule has 2 aliphatic heterocycles. The zero-order valence-corrected chi connectivity index (χ0v) is 13.5. The molecule has 128 valence electrons. The lowest BCUT2D eigenvalue weighted by molar-refractivity contribution is -0.141. The molecule has 1 aromatic heterocycles. The van der Waals surface area contributed by atoms with Crippen LogP contribution in [0.15, 0.2) is 6.20 Å². The van der Waals surface area contributed by atoms with Crippen LogP contribution in [0.25, 0.3) is 0 Å². The zero-order valence-electron chi connectivity index (χ0n) is 13.5. The van der Waals surface area contributed by atoms with E-state index < -0.39 is 11.9 Å². The fourth-order valence-corrected chi connectivity index (χ4v) is 3.08. The molecule has 0 aliphatic carbocycles. The summed E-state index contributed by atoms with van der Waals surface area (Å²) in [5.41, 5.74) is -0.948. The highest BCUT2D eigenvalue weighted by Crippen LogP contribution is 2.35. The molecule has 5 nitrogen and oxygen atoms in total. The Morgan fingerprint density at radius 3 is 2.61 bits per heavy atom. The van der Waals surface area contributed by atoms with Crippen molar-refractivity contribution in [1.29, 1.82) is 0 Å². The van der Waals surface area contributed by atoms with E-state index in [1.807, 2.05) is 4.90 Å². The van der Waals surface area contributed by atoms with Gasteiger partial charge in [0.15, 0.2) is 11.5 Å². The van der Waals surface area contributed by atoms with Gasteiger partial charge in [0.2, 0.25) is 0 Å². The monoisotopic (exact) mass is 330 g/mol. The fraction of sp³-hybridized carbons (Fsp3) is 0.733. The summed E-state index contributed by atoms with van der Waals surface area (Å²) in [4.78, 5) is 12.1. The molecule has 0 amide bonds. The summed E-state index contributed by atoms with van der Waals surface area (Å²) in [6.07, 6.45) is -2.98. The van der Waals surface area contributed by atoms with E-state index in [9.17, 15) is 13.2 Å². The molecule has 0 N–H and O–H groups in total. The smallest absolute Gasteiger partial charge is 0.435 e. The van der Waals surface area contributed by atoms with Crippen molar-refractivity contribution in [2.24, 2.45) is 0 Å². The SMILES string of the molecule is CC(C)(C)N1CCN2c3ncc(C(F)(F)F)nc3OCC[C@H]2C1. The van der Waals surface area contributed by atoms with Gasteiger partial charge >= 0.3 is 6.18 Å². The van der Waals surface area contributed by atoms with Gasteiger partial charge in [-0.3, -0.25) is 4.90 Å². The minimum Gasteiger partial charge on any atom is -0.475 e. The maximum Gasteiger partial charge on any atom is 0.435 e. The number of alkyl halides is 3. The van der Waals surface area contributed by atoms with Gasteiger partial charge in [-0.1, -0.05) is 0 Å². The predicted molar refractivity (Wildman–Crippen MR) is 79.6 cm³/mol. The Bertz CT molecular complexity index is 585. The van der Waals surface area contributed by atoms with Gasteiger partial charge < -0.3 is 9.64 Å². The normalized spacial score (nSPS) is 22.9. The largest absolute Gasteiger partial charge is 0.475 e. The molecule has 0 bridgehead atoms. The van der Waals surface area contributed by atoms with Crippen molar-refractivity contribution in [2.45, 2.75) is 44.9 Å². The van der Waals surface area contributed by atoms with E-state index in [1.54, 1.807) is 0 Å². The topological polar surface area (TPSA) is 41.5 Å². The van der Waals surface area contributed by atoms with E-state index in [-0.39, 0.29) is 17.5 Å². The number of aromatic nitrogens is 2. The first-order chi connectivity index (χ1) is 10.7. The number of piperazine rings is 1. The number of rotatable bonds is 0. The number of hydrogen-bond acceptors (Lipinski definition) is 5. The Labute approximate surface area is 133 Å². The van der Waals surface area contributed by atoms with Crippen LogP contribution in [0.2, 0.25) is 0 Å².